The fourth-order valence-corrected chi connectivity index (χ4v) is 2.14. The Kier molecular flexibility index (Phi) is 5.92. The van der Waals surface area contributed by atoms with Gasteiger partial charge < -0.3 is 15.7 Å². The van der Waals surface area contributed by atoms with Gasteiger partial charge in [0.15, 0.2) is 0 Å². The summed E-state index contributed by atoms with van der Waals surface area (Å²) in [5, 5.41) is 14.6. The summed E-state index contributed by atoms with van der Waals surface area (Å²) < 4.78 is 0. The van der Waals surface area contributed by atoms with E-state index in [4.69, 9.17) is 5.11 Å². The molecule has 1 aliphatic heterocycles. The zero-order chi connectivity index (χ0) is 16.9. The molecule has 0 radical (unpaired) electrons. The smallest absolute Gasteiger partial charge is 0.303 e. The van der Waals surface area contributed by atoms with Gasteiger partial charge in [0.1, 0.15) is 0 Å². The van der Waals surface area contributed by atoms with E-state index < -0.39 is 5.97 Å². The molecule has 0 unspecified atom stereocenters. The Morgan fingerprint density at radius 1 is 1.41 bits per heavy atom. The number of hydrogen-bond donors (Lipinski definition) is 3. The molecule has 1 heterocycles. The summed E-state index contributed by atoms with van der Waals surface area (Å²) in [7, 11) is 1.77. The molecular weight excluding hydrogens is 280 g/mol. The third kappa shape index (κ3) is 3.97. The quantitative estimate of drug-likeness (QED) is 0.631. The van der Waals surface area contributed by atoms with Crippen LogP contribution in [0.5, 0.6) is 0 Å². The number of carboxylic acids is 1. The van der Waals surface area contributed by atoms with Gasteiger partial charge in [-0.2, -0.15) is 0 Å². The number of nitrogens with one attached hydrogen (secondary N) is 2. The average molecular weight is 302 g/mol. The Bertz CT molecular complexity index is 622. The molecule has 0 aliphatic carbocycles. The molecule has 0 atom stereocenters. The topological polar surface area (TPSA) is 78.4 Å². The third-order valence-corrected chi connectivity index (χ3v) is 3.64. The van der Waals surface area contributed by atoms with E-state index in [0.717, 1.165) is 22.4 Å². The standard InChI is InChI=1S/C17H22N2O3/c1-6-13-12(4)15(19-17(13)22)9-14(18-5)11(3)10(2)7-8-16(20)21/h6,9,18H,1-2,7-8H2,3-5H3,(H,19,22)(H,20,21)/b14-11-,15-9?. The summed E-state index contributed by atoms with van der Waals surface area (Å²) in [5.74, 6) is -1.02. The van der Waals surface area contributed by atoms with Crippen LogP contribution in [0, 0.1) is 0 Å². The van der Waals surface area contributed by atoms with Crippen LogP contribution in [0.15, 0.2) is 59.0 Å². The van der Waals surface area contributed by atoms with Crippen molar-refractivity contribution in [2.75, 3.05) is 7.05 Å². The summed E-state index contributed by atoms with van der Waals surface area (Å²) in [6, 6.07) is 0. The minimum Gasteiger partial charge on any atom is -0.481 e. The molecule has 0 saturated carbocycles. The number of hydrogen-bond acceptors (Lipinski definition) is 3. The Balaban J connectivity index is 3.08. The van der Waals surface area contributed by atoms with E-state index in [1.807, 2.05) is 19.9 Å². The van der Waals surface area contributed by atoms with Crippen molar-refractivity contribution in [3.8, 4) is 0 Å². The molecule has 0 fully saturated rings. The Hall–Kier alpha value is -2.56. The van der Waals surface area contributed by atoms with E-state index in [1.165, 1.54) is 6.08 Å². The van der Waals surface area contributed by atoms with E-state index in [1.54, 1.807) is 7.05 Å². The number of carboxylic acid groups (broad SMARTS) is 1. The molecule has 22 heavy (non-hydrogen) atoms. The number of carbonyl (C=O) groups excluding carboxylic acids is 1. The molecule has 3 N–H and O–H groups in total. The van der Waals surface area contributed by atoms with Gasteiger partial charge in [-0.25, -0.2) is 0 Å². The van der Waals surface area contributed by atoms with Crippen molar-refractivity contribution in [1.29, 1.82) is 0 Å². The van der Waals surface area contributed by atoms with Crippen molar-refractivity contribution < 1.29 is 14.7 Å². The highest BCUT2D eigenvalue weighted by Gasteiger charge is 2.22. The van der Waals surface area contributed by atoms with E-state index in [0.29, 0.717) is 17.7 Å². The zero-order valence-corrected chi connectivity index (χ0v) is 13.2. The van der Waals surface area contributed by atoms with Gasteiger partial charge in [-0.15, -0.1) is 0 Å². The summed E-state index contributed by atoms with van der Waals surface area (Å²) in [5.41, 5.74) is 4.49. The maximum Gasteiger partial charge on any atom is 0.303 e. The van der Waals surface area contributed by atoms with Gasteiger partial charge in [-0.3, -0.25) is 9.59 Å². The van der Waals surface area contributed by atoms with Crippen molar-refractivity contribution in [2.24, 2.45) is 0 Å². The van der Waals surface area contributed by atoms with Crippen molar-refractivity contribution in [1.82, 2.24) is 10.6 Å². The Labute approximate surface area is 130 Å². The van der Waals surface area contributed by atoms with Gasteiger partial charge in [0.25, 0.3) is 5.91 Å². The van der Waals surface area contributed by atoms with Crippen LogP contribution in [0.4, 0.5) is 0 Å². The lowest BCUT2D eigenvalue weighted by Gasteiger charge is -2.12. The molecule has 5 heteroatoms. The van der Waals surface area contributed by atoms with Gasteiger partial charge in [-0.05, 0) is 43.1 Å². The number of carbonyl (C=O) groups is 2. The molecule has 0 spiro atoms. The number of amides is 1. The maximum absolute atomic E-state index is 11.8. The lowest BCUT2D eigenvalue weighted by Crippen LogP contribution is -2.17. The van der Waals surface area contributed by atoms with Crippen LogP contribution in [-0.2, 0) is 9.59 Å². The normalized spacial score (nSPS) is 17.2. The van der Waals surface area contributed by atoms with Crippen molar-refractivity contribution in [3.63, 3.8) is 0 Å². The number of aliphatic carboxylic acids is 1. The highest BCUT2D eigenvalue weighted by atomic mass is 16.4. The summed E-state index contributed by atoms with van der Waals surface area (Å²) >= 11 is 0. The second kappa shape index (κ2) is 7.45. The van der Waals surface area contributed by atoms with Crippen LogP contribution >= 0.6 is 0 Å². The molecule has 0 aromatic rings. The van der Waals surface area contributed by atoms with Gasteiger partial charge in [0.05, 0.1) is 0 Å². The molecule has 118 valence electrons. The SMILES string of the molecule is C=CC1=C(C)C(=C/C(NC)=C(\C)C(=C)CCC(=O)O)NC1=O. The zero-order valence-electron chi connectivity index (χ0n) is 13.2. The summed E-state index contributed by atoms with van der Waals surface area (Å²) in [6.07, 6.45) is 3.78. The van der Waals surface area contributed by atoms with Crippen LogP contribution in [-0.4, -0.2) is 24.0 Å². The van der Waals surface area contributed by atoms with Crippen LogP contribution in [0.3, 0.4) is 0 Å². The van der Waals surface area contributed by atoms with E-state index in [9.17, 15) is 9.59 Å². The van der Waals surface area contributed by atoms with Crippen molar-refractivity contribution in [2.45, 2.75) is 26.7 Å². The fraction of sp³-hybridized carbons (Fsp3) is 0.294. The van der Waals surface area contributed by atoms with E-state index >= 15 is 0 Å². The highest BCUT2D eigenvalue weighted by molar-refractivity contribution is 6.02. The minimum absolute atomic E-state index is 0.0417. The fourth-order valence-electron chi connectivity index (χ4n) is 2.14. The molecular formula is C17H22N2O3. The first-order valence-corrected chi connectivity index (χ1v) is 6.97. The molecule has 0 aromatic heterocycles. The molecule has 0 bridgehead atoms. The number of likely N-dealkylation sites (N-methyl/N-ethyl adjacent to an activating group) is 1. The van der Waals surface area contributed by atoms with Crippen LogP contribution < -0.4 is 10.6 Å². The Morgan fingerprint density at radius 3 is 2.50 bits per heavy atom. The second-order valence-electron chi connectivity index (χ2n) is 5.04. The van der Waals surface area contributed by atoms with E-state index in [2.05, 4.69) is 23.8 Å². The van der Waals surface area contributed by atoms with Crippen LogP contribution in [0.2, 0.25) is 0 Å². The molecule has 5 nitrogen and oxygen atoms in total. The molecule has 0 saturated heterocycles. The summed E-state index contributed by atoms with van der Waals surface area (Å²) in [4.78, 5) is 22.4. The number of rotatable bonds is 7. The van der Waals surface area contributed by atoms with Gasteiger partial charge in [0.2, 0.25) is 0 Å². The van der Waals surface area contributed by atoms with Gasteiger partial charge in [-0.1, -0.05) is 19.2 Å². The minimum atomic E-state index is -0.851. The number of allylic oxidation sites excluding steroid dienone is 4. The highest BCUT2D eigenvalue weighted by Crippen LogP contribution is 2.24. The first-order valence-electron chi connectivity index (χ1n) is 6.97. The second-order valence-corrected chi connectivity index (χ2v) is 5.04. The molecule has 1 amide bonds. The van der Waals surface area contributed by atoms with Crippen molar-refractivity contribution >= 4 is 11.9 Å². The Morgan fingerprint density at radius 2 is 2.05 bits per heavy atom. The van der Waals surface area contributed by atoms with E-state index in [-0.39, 0.29) is 12.3 Å². The largest absolute Gasteiger partial charge is 0.481 e. The third-order valence-electron chi connectivity index (χ3n) is 3.64. The predicted molar refractivity (Wildman–Crippen MR) is 86.9 cm³/mol. The van der Waals surface area contributed by atoms with Gasteiger partial charge >= 0.3 is 5.97 Å². The van der Waals surface area contributed by atoms with Gasteiger partial charge in [0, 0.05) is 30.4 Å². The lowest BCUT2D eigenvalue weighted by atomic mass is 10.0. The van der Waals surface area contributed by atoms with Crippen molar-refractivity contribution in [3.05, 3.63) is 59.0 Å². The molecule has 1 rings (SSSR count). The van der Waals surface area contributed by atoms with Crippen LogP contribution in [0.1, 0.15) is 26.7 Å². The lowest BCUT2D eigenvalue weighted by molar-refractivity contribution is -0.136. The van der Waals surface area contributed by atoms with Crippen LogP contribution in [0.25, 0.3) is 0 Å². The molecule has 1 aliphatic rings. The first-order chi connectivity index (χ1) is 10.3. The predicted octanol–water partition coefficient (Wildman–Crippen LogP) is 2.42. The molecule has 0 aromatic carbocycles. The monoisotopic (exact) mass is 302 g/mol. The average Bonchev–Trinajstić information content (AvgIpc) is 2.74. The summed E-state index contributed by atoms with van der Waals surface area (Å²) in [6.45, 7) is 11.3. The maximum atomic E-state index is 11.8. The first kappa shape index (κ1) is 17.5.